The van der Waals surface area contributed by atoms with Crippen molar-refractivity contribution < 1.29 is 4.79 Å². The van der Waals surface area contributed by atoms with Crippen LogP contribution in [0.3, 0.4) is 0 Å². The molecule has 0 spiro atoms. The zero-order valence-electron chi connectivity index (χ0n) is 13.8. The van der Waals surface area contributed by atoms with Gasteiger partial charge in [0.25, 0.3) is 0 Å². The van der Waals surface area contributed by atoms with E-state index in [1.54, 1.807) is 0 Å². The highest BCUT2D eigenvalue weighted by molar-refractivity contribution is 7.09. The van der Waals surface area contributed by atoms with Gasteiger partial charge in [-0.2, -0.15) is 4.37 Å². The molecule has 1 aromatic carbocycles. The molecule has 0 unspecified atom stereocenters. The Morgan fingerprint density at radius 2 is 2.13 bits per heavy atom. The van der Waals surface area contributed by atoms with Crippen LogP contribution in [0, 0.1) is 6.92 Å². The number of carbonyl (C=O) groups excluding carboxylic acids is 1. The van der Waals surface area contributed by atoms with E-state index in [9.17, 15) is 4.79 Å². The summed E-state index contributed by atoms with van der Waals surface area (Å²) < 4.78 is 4.38. The van der Waals surface area contributed by atoms with Crippen molar-refractivity contribution in [2.75, 3.05) is 24.5 Å². The van der Waals surface area contributed by atoms with Gasteiger partial charge >= 0.3 is 0 Å². The van der Waals surface area contributed by atoms with Crippen LogP contribution < -0.4 is 4.90 Å². The van der Waals surface area contributed by atoms with Gasteiger partial charge in [0, 0.05) is 37.1 Å². The molecule has 122 valence electrons. The quantitative estimate of drug-likeness (QED) is 0.865. The van der Waals surface area contributed by atoms with Crippen molar-refractivity contribution in [2.24, 2.45) is 0 Å². The van der Waals surface area contributed by atoms with E-state index in [1.165, 1.54) is 22.7 Å². The first-order valence-corrected chi connectivity index (χ1v) is 8.72. The maximum absolute atomic E-state index is 12.4. The molecular weight excluding hydrogens is 308 g/mol. The SMILES string of the molecule is Cc1cccc(CN2CCN(c3nc(C(C)C)ns3)CC2=O)c1. The zero-order chi connectivity index (χ0) is 16.4. The van der Waals surface area contributed by atoms with Crippen LogP contribution in [0.15, 0.2) is 24.3 Å². The Morgan fingerprint density at radius 1 is 1.30 bits per heavy atom. The first kappa shape index (κ1) is 15.9. The molecule has 0 bridgehead atoms. The molecular formula is C17H22N4OS. The third kappa shape index (κ3) is 3.69. The summed E-state index contributed by atoms with van der Waals surface area (Å²) in [6, 6.07) is 8.33. The van der Waals surface area contributed by atoms with E-state index >= 15 is 0 Å². The van der Waals surface area contributed by atoms with Gasteiger partial charge in [0.2, 0.25) is 11.0 Å². The lowest BCUT2D eigenvalue weighted by molar-refractivity contribution is -0.131. The monoisotopic (exact) mass is 330 g/mol. The molecule has 0 saturated carbocycles. The van der Waals surface area contributed by atoms with E-state index in [-0.39, 0.29) is 5.91 Å². The lowest BCUT2D eigenvalue weighted by atomic mass is 10.1. The molecule has 3 rings (SSSR count). The van der Waals surface area contributed by atoms with Gasteiger partial charge in [-0.25, -0.2) is 4.98 Å². The summed E-state index contributed by atoms with van der Waals surface area (Å²) in [6.07, 6.45) is 0. The van der Waals surface area contributed by atoms with Crippen molar-refractivity contribution in [1.29, 1.82) is 0 Å². The Balaban J connectivity index is 1.64. The van der Waals surface area contributed by atoms with E-state index < -0.39 is 0 Å². The van der Waals surface area contributed by atoms with Crippen molar-refractivity contribution in [3.8, 4) is 0 Å². The minimum atomic E-state index is 0.152. The number of benzene rings is 1. The number of carbonyl (C=O) groups is 1. The van der Waals surface area contributed by atoms with Crippen molar-refractivity contribution in [3.05, 3.63) is 41.2 Å². The number of rotatable bonds is 4. The van der Waals surface area contributed by atoms with Crippen molar-refractivity contribution in [3.63, 3.8) is 0 Å². The second-order valence-electron chi connectivity index (χ2n) is 6.32. The molecule has 0 atom stereocenters. The molecule has 1 aliphatic heterocycles. The topological polar surface area (TPSA) is 49.3 Å². The molecule has 0 N–H and O–H groups in total. The van der Waals surface area contributed by atoms with E-state index in [0.29, 0.717) is 19.0 Å². The standard InChI is InChI=1S/C17H22N4OS/c1-12(2)16-18-17(23-19-16)21-8-7-20(15(22)11-21)10-14-6-4-5-13(3)9-14/h4-6,9,12H,7-8,10-11H2,1-3H3. The molecule has 2 aromatic rings. The predicted molar refractivity (Wildman–Crippen MR) is 92.8 cm³/mol. The lowest BCUT2D eigenvalue weighted by Gasteiger charge is -2.34. The Labute approximate surface area is 141 Å². The third-order valence-electron chi connectivity index (χ3n) is 3.99. The number of hydrogen-bond acceptors (Lipinski definition) is 5. The fourth-order valence-corrected chi connectivity index (χ4v) is 3.49. The minimum absolute atomic E-state index is 0.152. The summed E-state index contributed by atoms with van der Waals surface area (Å²) in [6.45, 7) is 8.84. The summed E-state index contributed by atoms with van der Waals surface area (Å²) in [7, 11) is 0. The minimum Gasteiger partial charge on any atom is -0.336 e. The maximum Gasteiger partial charge on any atom is 0.242 e. The number of nitrogens with zero attached hydrogens (tertiary/aromatic N) is 4. The predicted octanol–water partition coefficient (Wildman–Crippen LogP) is 2.82. The van der Waals surface area contributed by atoms with Gasteiger partial charge in [0.05, 0.1) is 6.54 Å². The average Bonchev–Trinajstić information content (AvgIpc) is 2.99. The van der Waals surface area contributed by atoms with Crippen molar-refractivity contribution >= 4 is 22.6 Å². The van der Waals surface area contributed by atoms with E-state index in [0.717, 1.165) is 24.0 Å². The lowest BCUT2D eigenvalue weighted by Crippen LogP contribution is -2.50. The van der Waals surface area contributed by atoms with Gasteiger partial charge in [0.1, 0.15) is 5.82 Å². The summed E-state index contributed by atoms with van der Waals surface area (Å²) in [5, 5.41) is 0.859. The highest BCUT2D eigenvalue weighted by Gasteiger charge is 2.26. The van der Waals surface area contributed by atoms with Crippen LogP contribution in [-0.4, -0.2) is 39.8 Å². The number of amides is 1. The first-order chi connectivity index (χ1) is 11.0. The Morgan fingerprint density at radius 3 is 2.78 bits per heavy atom. The summed E-state index contributed by atoms with van der Waals surface area (Å²) in [5.41, 5.74) is 2.41. The smallest absolute Gasteiger partial charge is 0.242 e. The second-order valence-corrected chi connectivity index (χ2v) is 7.05. The van der Waals surface area contributed by atoms with Gasteiger partial charge < -0.3 is 9.80 Å². The fourth-order valence-electron chi connectivity index (χ4n) is 2.66. The molecule has 5 nitrogen and oxygen atoms in total. The maximum atomic E-state index is 12.4. The Bertz CT molecular complexity index is 697. The van der Waals surface area contributed by atoms with Crippen molar-refractivity contribution in [2.45, 2.75) is 33.2 Å². The van der Waals surface area contributed by atoms with Crippen LogP contribution in [0.1, 0.15) is 36.7 Å². The summed E-state index contributed by atoms with van der Waals surface area (Å²) >= 11 is 1.39. The van der Waals surface area contributed by atoms with Crippen LogP contribution in [-0.2, 0) is 11.3 Å². The number of aromatic nitrogens is 2. The van der Waals surface area contributed by atoms with Crippen LogP contribution in [0.5, 0.6) is 0 Å². The number of hydrogen-bond donors (Lipinski definition) is 0. The highest BCUT2D eigenvalue weighted by atomic mass is 32.1. The second kappa shape index (κ2) is 6.66. The van der Waals surface area contributed by atoms with Crippen LogP contribution in [0.25, 0.3) is 0 Å². The largest absolute Gasteiger partial charge is 0.336 e. The molecule has 1 aliphatic rings. The molecule has 1 fully saturated rings. The van der Waals surface area contributed by atoms with Gasteiger partial charge in [-0.05, 0) is 12.5 Å². The molecule has 0 radical (unpaired) electrons. The van der Waals surface area contributed by atoms with Gasteiger partial charge in [-0.1, -0.05) is 43.7 Å². The number of piperazine rings is 1. The van der Waals surface area contributed by atoms with Crippen LogP contribution in [0.2, 0.25) is 0 Å². The number of aryl methyl sites for hydroxylation is 1. The molecule has 23 heavy (non-hydrogen) atoms. The van der Waals surface area contributed by atoms with Gasteiger partial charge in [-0.15, -0.1) is 0 Å². The van der Waals surface area contributed by atoms with E-state index in [1.807, 2.05) is 15.9 Å². The molecule has 0 aliphatic carbocycles. The molecule has 2 heterocycles. The molecule has 6 heteroatoms. The summed E-state index contributed by atoms with van der Waals surface area (Å²) in [4.78, 5) is 21.0. The van der Waals surface area contributed by atoms with E-state index in [4.69, 9.17) is 0 Å². The van der Waals surface area contributed by atoms with Gasteiger partial charge in [0.15, 0.2) is 0 Å². The van der Waals surface area contributed by atoms with Crippen molar-refractivity contribution in [1.82, 2.24) is 14.3 Å². The highest BCUT2D eigenvalue weighted by Crippen LogP contribution is 2.23. The summed E-state index contributed by atoms with van der Waals surface area (Å²) in [5.74, 6) is 1.33. The fraction of sp³-hybridized carbons (Fsp3) is 0.471. The average molecular weight is 330 g/mol. The van der Waals surface area contributed by atoms with Gasteiger partial charge in [-0.3, -0.25) is 4.79 Å². The number of anilines is 1. The Kier molecular flexibility index (Phi) is 4.61. The Hall–Kier alpha value is -1.95. The molecule has 1 aromatic heterocycles. The first-order valence-electron chi connectivity index (χ1n) is 7.95. The van der Waals surface area contributed by atoms with Crippen LogP contribution >= 0.6 is 11.5 Å². The molecule has 1 saturated heterocycles. The normalized spacial score (nSPS) is 15.6. The molecule has 1 amide bonds. The van der Waals surface area contributed by atoms with E-state index in [2.05, 4.69) is 48.3 Å². The van der Waals surface area contributed by atoms with Crippen LogP contribution in [0.4, 0.5) is 5.13 Å². The third-order valence-corrected chi connectivity index (χ3v) is 4.78. The zero-order valence-corrected chi connectivity index (χ0v) is 14.6.